The van der Waals surface area contributed by atoms with E-state index in [-0.39, 0.29) is 42.8 Å². The van der Waals surface area contributed by atoms with Crippen LogP contribution >= 0.6 is 15.9 Å². The fraction of sp³-hybridized carbons (Fsp3) is 0.429. The lowest BCUT2D eigenvalue weighted by atomic mass is 9.70. The number of hydrogen-bond donors (Lipinski definition) is 2. The van der Waals surface area contributed by atoms with E-state index in [0.29, 0.717) is 37.9 Å². The molecule has 10 nitrogen and oxygen atoms in total. The molecule has 6 rings (SSSR count). The fourth-order valence-corrected chi connectivity index (χ4v) is 9.23. The van der Waals surface area contributed by atoms with E-state index in [4.69, 9.17) is 9.47 Å². The summed E-state index contributed by atoms with van der Waals surface area (Å²) in [6.07, 6.45) is 6.52. The lowest BCUT2D eigenvalue weighted by Gasteiger charge is -2.37. The van der Waals surface area contributed by atoms with Crippen molar-refractivity contribution in [1.82, 2.24) is 10.2 Å². The van der Waals surface area contributed by atoms with Crippen LogP contribution in [0.1, 0.15) is 56.6 Å². The molecule has 53 heavy (non-hydrogen) atoms. The maximum atomic E-state index is 15.1. The molecule has 1 unspecified atom stereocenters. The number of fused-ring (bicyclic) bond motifs is 2. The smallest absolute Gasteiger partial charge is 0.306 e. The molecule has 0 aromatic heterocycles. The first-order valence-corrected chi connectivity index (χ1v) is 19.4. The molecular weight excluding hydrogens is 738 g/mol. The van der Waals surface area contributed by atoms with E-state index in [9.17, 15) is 19.5 Å². The summed E-state index contributed by atoms with van der Waals surface area (Å²) in [5.41, 5.74) is 0.169. The number of rotatable bonds is 18. The van der Waals surface area contributed by atoms with Gasteiger partial charge in [0.15, 0.2) is 0 Å². The Morgan fingerprint density at radius 3 is 2.49 bits per heavy atom. The fourth-order valence-electron chi connectivity index (χ4n) is 8.28. The highest BCUT2D eigenvalue weighted by Crippen LogP contribution is 2.60. The van der Waals surface area contributed by atoms with Crippen LogP contribution in [0.25, 0.3) is 10.8 Å². The quantitative estimate of drug-likeness (QED) is 0.0699. The number of hydrogen-bond acceptors (Lipinski definition) is 7. The van der Waals surface area contributed by atoms with Crippen LogP contribution in [-0.2, 0) is 28.7 Å². The van der Waals surface area contributed by atoms with E-state index < -0.39 is 47.5 Å². The third kappa shape index (κ3) is 7.84. The topological polar surface area (TPSA) is 125 Å². The number of carbonyl (C=O) groups excluding carboxylic acids is 4. The molecule has 3 aliphatic heterocycles. The van der Waals surface area contributed by atoms with Crippen molar-refractivity contribution < 1.29 is 33.8 Å². The predicted molar refractivity (Wildman–Crippen MR) is 207 cm³/mol. The number of nitrogens with zero attached hydrogens (tertiary/aromatic N) is 2. The van der Waals surface area contributed by atoms with E-state index in [0.717, 1.165) is 29.2 Å². The highest BCUT2D eigenvalue weighted by atomic mass is 79.9. The molecular formula is C42H48BrN3O7. The molecule has 3 amide bonds. The Balaban J connectivity index is 1.33. The van der Waals surface area contributed by atoms with Gasteiger partial charge >= 0.3 is 5.97 Å². The summed E-state index contributed by atoms with van der Waals surface area (Å²) in [5.74, 6) is -3.17. The number of aliphatic hydroxyl groups excluding tert-OH is 1. The van der Waals surface area contributed by atoms with Crippen molar-refractivity contribution in [2.45, 2.75) is 73.6 Å². The van der Waals surface area contributed by atoms with Gasteiger partial charge < -0.3 is 29.7 Å². The van der Waals surface area contributed by atoms with Gasteiger partial charge in [-0.2, -0.15) is 0 Å². The standard InChI is InChI=1S/C42H48BrN3O7/c1-3-5-19-34(48)52-27-33(29-16-9-8-10-17-29)44-39(49)35-36-40(50)46(23-13-6-7-14-24-47)38(42(36)26-32(43)37(35)53-42)41(51)45(22-4-2)31-21-20-28-15-11-12-18-30(28)25-31/h3-4,8-12,15-18,20-21,25,32-33,35-38,47H,1-2,5-7,13-14,19,22-24,26-27H2,(H,44,49)/t32?,33-,35-,36+,37-,38-,42+/m0/s1. The summed E-state index contributed by atoms with van der Waals surface area (Å²) < 4.78 is 12.4. The molecule has 1 spiro atoms. The van der Waals surface area contributed by atoms with Gasteiger partial charge in [-0.05, 0) is 54.2 Å². The monoisotopic (exact) mass is 785 g/mol. The lowest BCUT2D eigenvalue weighted by molar-refractivity contribution is -0.145. The molecule has 3 saturated heterocycles. The molecule has 0 radical (unpaired) electrons. The van der Waals surface area contributed by atoms with E-state index in [1.54, 1.807) is 22.0 Å². The zero-order valence-electron chi connectivity index (χ0n) is 29.9. The van der Waals surface area contributed by atoms with Gasteiger partial charge in [-0.1, -0.05) is 102 Å². The summed E-state index contributed by atoms with van der Waals surface area (Å²) in [5, 5.41) is 14.4. The van der Waals surface area contributed by atoms with E-state index >= 15 is 4.79 Å². The van der Waals surface area contributed by atoms with E-state index in [1.807, 2.05) is 72.8 Å². The SMILES string of the molecule is C=CCCC(=O)OC[C@H](NC(=O)[C@@H]1[C@H]2O[C@@]3(CC2Br)[C@H](C(=O)N(CC=C)c2ccc4ccccc4c2)N(CCCCCCO)C(=O)[C@@H]13)c1ccccc1. The number of ether oxygens (including phenoxy) is 2. The number of carbonyl (C=O) groups is 4. The Morgan fingerprint density at radius 1 is 1.02 bits per heavy atom. The first kappa shape index (κ1) is 38.4. The average molecular weight is 787 g/mol. The number of alkyl halides is 1. The van der Waals surface area contributed by atoms with Crippen LogP contribution in [0.2, 0.25) is 0 Å². The molecule has 2 bridgehead atoms. The van der Waals surface area contributed by atoms with Crippen LogP contribution in [0.5, 0.6) is 0 Å². The first-order chi connectivity index (χ1) is 25.7. The Labute approximate surface area is 319 Å². The average Bonchev–Trinajstić information content (AvgIpc) is 3.77. The van der Waals surface area contributed by atoms with E-state index in [2.05, 4.69) is 34.4 Å². The molecule has 3 aliphatic rings. The summed E-state index contributed by atoms with van der Waals surface area (Å²) in [4.78, 5) is 59.8. The zero-order valence-corrected chi connectivity index (χ0v) is 31.5. The van der Waals surface area contributed by atoms with Crippen molar-refractivity contribution in [3.05, 3.63) is 104 Å². The van der Waals surface area contributed by atoms with Gasteiger partial charge in [0, 0.05) is 36.6 Å². The molecule has 2 N–H and O–H groups in total. The summed E-state index contributed by atoms with van der Waals surface area (Å²) in [6, 6.07) is 21.4. The number of unbranched alkanes of at least 4 members (excludes halogenated alkanes) is 3. The van der Waals surface area contributed by atoms with E-state index in [1.165, 1.54) is 0 Å². The summed E-state index contributed by atoms with van der Waals surface area (Å²) >= 11 is 3.78. The number of halogens is 1. The molecule has 11 heteroatoms. The number of nitrogens with one attached hydrogen (secondary N) is 1. The Kier molecular flexibility index (Phi) is 12.5. The van der Waals surface area contributed by atoms with Crippen LogP contribution in [0, 0.1) is 11.8 Å². The summed E-state index contributed by atoms with van der Waals surface area (Å²) in [7, 11) is 0. The lowest BCUT2D eigenvalue weighted by Crippen LogP contribution is -2.57. The predicted octanol–water partition coefficient (Wildman–Crippen LogP) is 6.03. The number of aliphatic hydroxyl groups is 1. The van der Waals surface area contributed by atoms with Crippen LogP contribution in [-0.4, -0.2) is 82.6 Å². The van der Waals surface area contributed by atoms with Crippen molar-refractivity contribution >= 4 is 56.1 Å². The van der Waals surface area contributed by atoms with Gasteiger partial charge in [0.2, 0.25) is 11.8 Å². The molecule has 3 heterocycles. The normalized spacial score (nSPS) is 24.8. The summed E-state index contributed by atoms with van der Waals surface area (Å²) in [6.45, 7) is 8.12. The van der Waals surface area contributed by atoms with Crippen molar-refractivity contribution in [1.29, 1.82) is 0 Å². The minimum atomic E-state index is -1.25. The number of benzene rings is 3. The molecule has 0 aliphatic carbocycles. The molecule has 3 fully saturated rings. The number of likely N-dealkylation sites (tertiary alicyclic amines) is 1. The van der Waals surface area contributed by atoms with Gasteiger partial charge in [-0.15, -0.1) is 13.2 Å². The van der Waals surface area contributed by atoms with Crippen molar-refractivity contribution in [2.75, 3.05) is 31.2 Å². The second-order valence-corrected chi connectivity index (χ2v) is 15.3. The van der Waals surface area contributed by atoms with Crippen LogP contribution in [0.3, 0.4) is 0 Å². The highest BCUT2D eigenvalue weighted by Gasteiger charge is 2.76. The molecule has 0 saturated carbocycles. The van der Waals surface area contributed by atoms with Gasteiger partial charge in [0.05, 0.1) is 24.0 Å². The second-order valence-electron chi connectivity index (χ2n) is 14.1. The van der Waals surface area contributed by atoms with Gasteiger partial charge in [-0.3, -0.25) is 19.2 Å². The van der Waals surface area contributed by atoms with Crippen molar-refractivity contribution in [3.8, 4) is 0 Å². The first-order valence-electron chi connectivity index (χ1n) is 18.5. The maximum Gasteiger partial charge on any atom is 0.306 e. The zero-order chi connectivity index (χ0) is 37.5. The third-order valence-electron chi connectivity index (χ3n) is 10.7. The molecule has 3 aromatic rings. The number of allylic oxidation sites excluding steroid dienone is 1. The van der Waals surface area contributed by atoms with Crippen molar-refractivity contribution in [3.63, 3.8) is 0 Å². The molecule has 7 atom stereocenters. The highest BCUT2D eigenvalue weighted by molar-refractivity contribution is 9.09. The minimum Gasteiger partial charge on any atom is -0.463 e. The Morgan fingerprint density at radius 2 is 1.75 bits per heavy atom. The van der Waals surface area contributed by atoms with Crippen LogP contribution in [0.4, 0.5) is 5.69 Å². The maximum absolute atomic E-state index is 15.1. The Bertz CT molecular complexity index is 1820. The van der Waals surface area contributed by atoms with Gasteiger partial charge in [-0.25, -0.2) is 0 Å². The third-order valence-corrected chi connectivity index (χ3v) is 11.6. The van der Waals surface area contributed by atoms with Crippen molar-refractivity contribution in [2.24, 2.45) is 11.8 Å². The van der Waals surface area contributed by atoms with Gasteiger partial charge in [0.1, 0.15) is 18.2 Å². The van der Waals surface area contributed by atoms with Crippen LogP contribution < -0.4 is 10.2 Å². The number of anilines is 1. The Hall–Kier alpha value is -4.32. The minimum absolute atomic E-state index is 0.0885. The number of esters is 1. The molecule has 3 aromatic carbocycles. The second kappa shape index (κ2) is 17.2. The largest absolute Gasteiger partial charge is 0.463 e. The van der Waals surface area contributed by atoms with Crippen LogP contribution in [0.15, 0.2) is 98.1 Å². The molecule has 280 valence electrons. The van der Waals surface area contributed by atoms with Gasteiger partial charge in [0.25, 0.3) is 5.91 Å². The number of amides is 3.